The highest BCUT2D eigenvalue weighted by Crippen LogP contribution is 2.45. The van der Waals surface area contributed by atoms with Crippen LogP contribution in [0.25, 0.3) is 10.8 Å². The van der Waals surface area contributed by atoms with Crippen molar-refractivity contribution in [2.24, 2.45) is 0 Å². The van der Waals surface area contributed by atoms with Gasteiger partial charge in [-0.3, -0.25) is 9.59 Å². The van der Waals surface area contributed by atoms with Gasteiger partial charge in [0, 0.05) is 15.6 Å². The zero-order valence-electron chi connectivity index (χ0n) is 20.6. The van der Waals surface area contributed by atoms with E-state index in [0.29, 0.717) is 29.3 Å². The Bertz CT molecular complexity index is 1500. The molecule has 182 valence electrons. The molecule has 4 aromatic carbocycles. The van der Waals surface area contributed by atoms with Crippen molar-refractivity contribution in [2.45, 2.75) is 45.3 Å². The van der Waals surface area contributed by atoms with Crippen molar-refractivity contribution in [2.75, 3.05) is 4.90 Å². The summed E-state index contributed by atoms with van der Waals surface area (Å²) in [5, 5.41) is 13.6. The Morgan fingerprint density at radius 3 is 2.53 bits per heavy atom. The fourth-order valence-electron chi connectivity index (χ4n) is 5.04. The van der Waals surface area contributed by atoms with E-state index in [1.165, 1.54) is 5.56 Å². The first-order valence-electron chi connectivity index (χ1n) is 12.1. The van der Waals surface area contributed by atoms with Crippen LogP contribution in [0.5, 0.6) is 0 Å². The van der Waals surface area contributed by atoms with Crippen LogP contribution in [0.15, 0.2) is 83.3 Å². The Morgan fingerprint density at radius 2 is 1.75 bits per heavy atom. The van der Waals surface area contributed by atoms with Crippen molar-refractivity contribution in [3.8, 4) is 0 Å². The van der Waals surface area contributed by atoms with Crippen LogP contribution >= 0.6 is 15.9 Å². The Balaban J connectivity index is 1.54. The second kappa shape index (κ2) is 9.30. The normalized spacial score (nSPS) is 17.2. The summed E-state index contributed by atoms with van der Waals surface area (Å²) < 4.78 is 0.741. The zero-order valence-corrected chi connectivity index (χ0v) is 22.2. The number of aliphatic hydroxyl groups is 1. The van der Waals surface area contributed by atoms with Crippen LogP contribution < -0.4 is 4.90 Å². The van der Waals surface area contributed by atoms with Crippen molar-refractivity contribution in [3.63, 3.8) is 0 Å². The Kier molecular flexibility index (Phi) is 6.31. The summed E-state index contributed by atoms with van der Waals surface area (Å²) in [5.41, 5.74) is 2.93. The fourth-order valence-corrected chi connectivity index (χ4v) is 5.40. The summed E-state index contributed by atoms with van der Waals surface area (Å²) in [6.07, 6.45) is -0.329. The molecule has 0 bridgehead atoms. The smallest absolute Gasteiger partial charge is 0.264 e. The summed E-state index contributed by atoms with van der Waals surface area (Å²) in [6, 6.07) is 24.9. The van der Waals surface area contributed by atoms with E-state index in [2.05, 4.69) is 48.0 Å². The van der Waals surface area contributed by atoms with Gasteiger partial charge in [-0.1, -0.05) is 90.4 Å². The van der Waals surface area contributed by atoms with Crippen LogP contribution in [-0.2, 0) is 16.9 Å². The van der Waals surface area contributed by atoms with E-state index >= 15 is 0 Å². The van der Waals surface area contributed by atoms with Crippen LogP contribution in [0.2, 0.25) is 0 Å². The first-order valence-corrected chi connectivity index (χ1v) is 12.9. The van der Waals surface area contributed by atoms with Crippen molar-refractivity contribution < 1.29 is 14.7 Å². The molecule has 0 aromatic heterocycles. The van der Waals surface area contributed by atoms with Crippen LogP contribution in [-0.4, -0.2) is 16.8 Å². The fraction of sp³-hybridized carbons (Fsp3) is 0.226. The number of nitrogens with zero attached hydrogens (tertiary/aromatic N) is 1. The van der Waals surface area contributed by atoms with E-state index in [9.17, 15) is 14.7 Å². The van der Waals surface area contributed by atoms with E-state index < -0.39 is 11.5 Å². The first kappa shape index (κ1) is 24.4. The van der Waals surface area contributed by atoms with Crippen molar-refractivity contribution in [1.29, 1.82) is 0 Å². The van der Waals surface area contributed by atoms with Gasteiger partial charge in [-0.15, -0.1) is 0 Å². The van der Waals surface area contributed by atoms with Gasteiger partial charge in [-0.2, -0.15) is 0 Å². The molecule has 4 nitrogen and oxygen atoms in total. The number of rotatable bonds is 6. The number of anilines is 1. The minimum absolute atomic E-state index is 0.270. The minimum atomic E-state index is -1.95. The molecule has 1 aliphatic heterocycles. The highest BCUT2D eigenvalue weighted by molar-refractivity contribution is 9.10. The Labute approximate surface area is 219 Å². The van der Waals surface area contributed by atoms with Gasteiger partial charge in [-0.05, 0) is 58.5 Å². The Hall–Kier alpha value is -3.28. The largest absolute Gasteiger partial charge is 0.375 e. The standard InChI is InChI=1S/C31H28BrNO3/c1-19(2)22-12-11-20(3)23(15-22)18-33-28-14-13-24(32)16-27(28)31(36,30(33)35)17-29(34)26-10-6-8-21-7-4-5-9-25(21)26/h4-16,19,36H,17-18H2,1-3H3/t31-/m0/s1. The third-order valence-corrected chi connectivity index (χ3v) is 7.66. The maximum atomic E-state index is 13.9. The van der Waals surface area contributed by atoms with Crippen LogP contribution in [0.3, 0.4) is 0 Å². The molecule has 4 aromatic rings. The van der Waals surface area contributed by atoms with Crippen LogP contribution in [0.1, 0.15) is 58.8 Å². The average molecular weight is 542 g/mol. The van der Waals surface area contributed by atoms with Gasteiger partial charge >= 0.3 is 0 Å². The van der Waals surface area contributed by atoms with E-state index in [-0.39, 0.29) is 12.2 Å². The molecule has 5 rings (SSSR count). The lowest BCUT2D eigenvalue weighted by atomic mass is 9.87. The molecule has 1 heterocycles. The second-order valence-corrected chi connectivity index (χ2v) is 10.8. The number of carbonyl (C=O) groups is 2. The molecule has 0 spiro atoms. The maximum absolute atomic E-state index is 13.9. The second-order valence-electron chi connectivity index (χ2n) is 9.88. The zero-order chi connectivity index (χ0) is 25.6. The highest BCUT2D eigenvalue weighted by Gasteiger charge is 2.51. The van der Waals surface area contributed by atoms with Crippen molar-refractivity contribution >= 4 is 44.1 Å². The quantitative estimate of drug-likeness (QED) is 0.266. The van der Waals surface area contributed by atoms with Gasteiger partial charge in [0.2, 0.25) is 0 Å². The molecule has 0 saturated carbocycles. The lowest BCUT2D eigenvalue weighted by molar-refractivity contribution is -0.136. The lowest BCUT2D eigenvalue weighted by Gasteiger charge is -2.24. The number of halogens is 1. The lowest BCUT2D eigenvalue weighted by Crippen LogP contribution is -2.41. The molecule has 5 heteroatoms. The molecule has 36 heavy (non-hydrogen) atoms. The first-order chi connectivity index (χ1) is 17.2. The number of aryl methyl sites for hydroxylation is 1. The molecule has 0 radical (unpaired) electrons. The summed E-state index contributed by atoms with van der Waals surface area (Å²) in [7, 11) is 0. The van der Waals surface area contributed by atoms with Crippen molar-refractivity contribution in [3.05, 3.63) is 111 Å². The molecule has 1 amide bonds. The van der Waals surface area contributed by atoms with Gasteiger partial charge in [0.05, 0.1) is 18.7 Å². The summed E-state index contributed by atoms with van der Waals surface area (Å²) in [6.45, 7) is 6.63. The van der Waals surface area contributed by atoms with Gasteiger partial charge in [0.15, 0.2) is 11.4 Å². The molecule has 1 atom stereocenters. The molecular formula is C31H28BrNO3. The predicted octanol–water partition coefficient (Wildman–Crippen LogP) is 7.04. The molecule has 0 unspecified atom stereocenters. The number of hydrogen-bond acceptors (Lipinski definition) is 3. The molecule has 0 fully saturated rings. The molecule has 0 saturated heterocycles. The topological polar surface area (TPSA) is 57.6 Å². The van der Waals surface area contributed by atoms with E-state index in [4.69, 9.17) is 0 Å². The molecule has 1 N–H and O–H groups in total. The third kappa shape index (κ3) is 4.16. The number of benzene rings is 4. The monoisotopic (exact) mass is 541 g/mol. The maximum Gasteiger partial charge on any atom is 0.264 e. The molecular weight excluding hydrogens is 514 g/mol. The predicted molar refractivity (Wildman–Crippen MR) is 147 cm³/mol. The summed E-state index contributed by atoms with van der Waals surface area (Å²) in [5.74, 6) is -0.385. The number of hydrogen-bond donors (Lipinski definition) is 1. The minimum Gasteiger partial charge on any atom is -0.375 e. The summed E-state index contributed by atoms with van der Waals surface area (Å²) in [4.78, 5) is 29.0. The van der Waals surface area contributed by atoms with Gasteiger partial charge in [0.1, 0.15) is 0 Å². The molecule has 1 aliphatic rings. The van der Waals surface area contributed by atoms with Crippen molar-refractivity contribution in [1.82, 2.24) is 0 Å². The number of Topliss-reactive ketones (excluding diaryl/α,β-unsaturated/α-hetero) is 1. The van der Waals surface area contributed by atoms with Gasteiger partial charge < -0.3 is 10.0 Å². The van der Waals surface area contributed by atoms with Crippen LogP contribution in [0, 0.1) is 6.92 Å². The summed E-state index contributed by atoms with van der Waals surface area (Å²) >= 11 is 3.48. The van der Waals surface area contributed by atoms with E-state index in [0.717, 1.165) is 26.4 Å². The number of ketones is 1. The van der Waals surface area contributed by atoms with E-state index in [1.807, 2.05) is 55.5 Å². The number of fused-ring (bicyclic) bond motifs is 2. The highest BCUT2D eigenvalue weighted by atomic mass is 79.9. The third-order valence-electron chi connectivity index (χ3n) is 7.17. The van der Waals surface area contributed by atoms with E-state index in [1.54, 1.807) is 17.0 Å². The Morgan fingerprint density at radius 1 is 1.00 bits per heavy atom. The van der Waals surface area contributed by atoms with Gasteiger partial charge in [0.25, 0.3) is 5.91 Å². The number of carbonyl (C=O) groups excluding carboxylic acids is 2. The van der Waals surface area contributed by atoms with Gasteiger partial charge in [-0.25, -0.2) is 0 Å². The SMILES string of the molecule is Cc1ccc(C(C)C)cc1CN1C(=O)[C@](O)(CC(=O)c2cccc3ccccc23)c2cc(Br)ccc21. The average Bonchev–Trinajstić information content (AvgIpc) is 3.05. The number of amides is 1. The van der Waals surface area contributed by atoms with Crippen LogP contribution in [0.4, 0.5) is 5.69 Å². The molecule has 0 aliphatic carbocycles.